The van der Waals surface area contributed by atoms with Crippen LogP contribution in [0.4, 0.5) is 0 Å². The molecule has 0 spiro atoms. The molecule has 2 aromatic rings. The van der Waals surface area contributed by atoms with Crippen LogP contribution in [0.1, 0.15) is 80.1 Å². The molecule has 0 amide bonds. The van der Waals surface area contributed by atoms with E-state index in [1.807, 2.05) is 77.9 Å². The van der Waals surface area contributed by atoms with Crippen LogP contribution in [-0.2, 0) is 33.4 Å². The predicted octanol–water partition coefficient (Wildman–Crippen LogP) is 9.19. The van der Waals surface area contributed by atoms with Crippen molar-refractivity contribution in [1.29, 1.82) is 0 Å². The number of carbonyl (C=O) groups is 4. The van der Waals surface area contributed by atoms with E-state index in [0.717, 1.165) is 33.7 Å². The Hall–Kier alpha value is -1.39. The molecule has 9 nitrogen and oxygen atoms in total. The van der Waals surface area contributed by atoms with Gasteiger partial charge >= 0.3 is 0 Å². The molecule has 0 fully saturated rings. The highest BCUT2D eigenvalue weighted by atomic mass is 33.1. The van der Waals surface area contributed by atoms with Crippen molar-refractivity contribution >= 4 is 78.9 Å². The minimum Gasteiger partial charge on any atom is -0.381 e. The summed E-state index contributed by atoms with van der Waals surface area (Å²) in [6, 6.07) is 11.7. The van der Waals surface area contributed by atoms with Gasteiger partial charge in [0.1, 0.15) is 33.2 Å². The van der Waals surface area contributed by atoms with Crippen LogP contribution in [0.15, 0.2) is 58.8 Å². The van der Waals surface area contributed by atoms with Crippen molar-refractivity contribution < 1.29 is 33.4 Å². The molecule has 14 heteroatoms. The van der Waals surface area contributed by atoms with Crippen LogP contribution in [0, 0.1) is 17.8 Å². The number of nitrogens with zero attached hydrogens (tertiary/aromatic N) is 2. The third-order valence-electron chi connectivity index (χ3n) is 6.73. The molecule has 0 aliphatic heterocycles. The van der Waals surface area contributed by atoms with Gasteiger partial charge in [0.05, 0.1) is 33.0 Å². The summed E-state index contributed by atoms with van der Waals surface area (Å²) in [7, 11) is 6.62. The number of aromatic nitrogens is 2. The van der Waals surface area contributed by atoms with E-state index in [1.165, 1.54) is 0 Å². The Kier molecular flexibility index (Phi) is 34.4. The van der Waals surface area contributed by atoms with E-state index in [-0.39, 0.29) is 40.9 Å². The van der Waals surface area contributed by atoms with Crippen molar-refractivity contribution in [2.24, 2.45) is 17.8 Å². The zero-order valence-electron chi connectivity index (χ0n) is 31.8. The number of Topliss-reactive ketones (excluding diaryl/α,β-unsaturated/α-hetero) is 4. The van der Waals surface area contributed by atoms with E-state index in [4.69, 9.17) is 14.2 Å². The fraction of sp³-hybridized carbons (Fsp3) is 0.632. The summed E-state index contributed by atoms with van der Waals surface area (Å²) in [6.45, 7) is 14.8. The molecule has 0 radical (unpaired) electrons. The number of hydrogen-bond acceptors (Lipinski definition) is 14. The van der Waals surface area contributed by atoms with Gasteiger partial charge in [-0.3, -0.25) is 19.2 Å². The first-order valence-corrected chi connectivity index (χ1v) is 23.1. The van der Waals surface area contributed by atoms with Crippen LogP contribution in [0.5, 0.6) is 0 Å². The van der Waals surface area contributed by atoms with Gasteiger partial charge in [-0.1, -0.05) is 75.3 Å². The van der Waals surface area contributed by atoms with Gasteiger partial charge in [-0.05, 0) is 52.3 Å². The Balaban J connectivity index is 0.000000799. The number of rotatable bonds is 28. The smallest absolute Gasteiger partial charge is 0.137 e. The minimum absolute atomic E-state index is 0.0710. The van der Waals surface area contributed by atoms with Crippen LogP contribution >= 0.6 is 55.8 Å². The summed E-state index contributed by atoms with van der Waals surface area (Å²) in [5.74, 6) is 3.76. The Morgan fingerprint density at radius 2 is 1.02 bits per heavy atom. The summed E-state index contributed by atoms with van der Waals surface area (Å²) in [4.78, 5) is 53.9. The standard InChI is InChI=1S/C17H25NO3S2.C13H19NO2S2.C8H16O2S/c1-14(2)16(20)8-12-21-11-5-6-15(19)9-13-22-23-17-7-3-4-10-18-17;1-11(2)12(15)6-8-16-9-10-17-18-13-5-3-4-7-14-13;1-7(2)8(9)3-4-10-5-6-11/h3-4,7,10,14H,5-6,8-9,11-13H2,1-2H3;3-5,7,11H,6,8-10H2,1-2H3;7,11H,3-6H2,1-2H3. The summed E-state index contributed by atoms with van der Waals surface area (Å²) in [6.07, 6.45) is 6.93. The van der Waals surface area contributed by atoms with Crippen LogP contribution in [0.2, 0.25) is 0 Å². The normalized spacial score (nSPS) is 10.8. The molecule has 0 unspecified atom stereocenters. The van der Waals surface area contributed by atoms with Crippen molar-refractivity contribution in [3.05, 3.63) is 48.8 Å². The van der Waals surface area contributed by atoms with Crippen LogP contribution in [0.3, 0.4) is 0 Å². The average Bonchev–Trinajstić information content (AvgIpc) is 3.14. The maximum atomic E-state index is 11.7. The molecule has 0 saturated carbocycles. The number of pyridine rings is 2. The lowest BCUT2D eigenvalue weighted by atomic mass is 10.1. The van der Waals surface area contributed by atoms with Gasteiger partial charge in [0.15, 0.2) is 0 Å². The highest BCUT2D eigenvalue weighted by Gasteiger charge is 2.08. The molecule has 0 aliphatic carbocycles. The molecule has 0 N–H and O–H groups in total. The van der Waals surface area contributed by atoms with Gasteiger partial charge in [-0.25, -0.2) is 9.97 Å². The van der Waals surface area contributed by atoms with Crippen molar-refractivity contribution in [1.82, 2.24) is 9.97 Å². The van der Waals surface area contributed by atoms with Crippen LogP contribution in [-0.4, -0.2) is 90.0 Å². The Labute approximate surface area is 334 Å². The quantitative estimate of drug-likeness (QED) is 0.0500. The number of ketones is 4. The second-order valence-electron chi connectivity index (χ2n) is 12.2. The number of thiol groups is 1. The second kappa shape index (κ2) is 35.3. The molecule has 2 aromatic heterocycles. The van der Waals surface area contributed by atoms with Crippen molar-refractivity contribution in [2.45, 2.75) is 90.1 Å². The Morgan fingerprint density at radius 1 is 0.577 bits per heavy atom. The summed E-state index contributed by atoms with van der Waals surface area (Å²) in [5.41, 5.74) is 0. The molecule has 2 rings (SSSR count). The number of ether oxygens (including phenoxy) is 3. The van der Waals surface area contributed by atoms with Gasteiger partial charge in [0.2, 0.25) is 0 Å². The molecular weight excluding hydrogens is 757 g/mol. The average molecular weight is 817 g/mol. The van der Waals surface area contributed by atoms with E-state index in [9.17, 15) is 19.2 Å². The fourth-order valence-corrected chi connectivity index (χ4v) is 7.28. The van der Waals surface area contributed by atoms with Crippen LogP contribution in [0.25, 0.3) is 0 Å². The maximum absolute atomic E-state index is 11.7. The predicted molar refractivity (Wildman–Crippen MR) is 224 cm³/mol. The van der Waals surface area contributed by atoms with E-state index < -0.39 is 0 Å². The lowest BCUT2D eigenvalue weighted by Gasteiger charge is -2.05. The van der Waals surface area contributed by atoms with Gasteiger partial charge in [0.25, 0.3) is 0 Å². The lowest BCUT2D eigenvalue weighted by Crippen LogP contribution is -2.11. The molecule has 2 heterocycles. The third kappa shape index (κ3) is 32.1. The molecule has 294 valence electrons. The molecular formula is C38H60N2O7S5. The SMILES string of the molecule is CC(C)C(=O)CCOCCCC(=O)CCSSc1ccccn1.CC(C)C(=O)CCOCCS.CC(C)C(=O)CCOCCSSc1ccccn1. The zero-order chi connectivity index (χ0) is 38.8. The minimum atomic E-state index is 0.0710. The molecule has 0 atom stereocenters. The topological polar surface area (TPSA) is 122 Å². The molecule has 0 bridgehead atoms. The summed E-state index contributed by atoms with van der Waals surface area (Å²) < 4.78 is 15.9. The van der Waals surface area contributed by atoms with Crippen molar-refractivity contribution in [3.8, 4) is 0 Å². The first kappa shape index (κ1) is 50.6. The Morgan fingerprint density at radius 3 is 1.44 bits per heavy atom. The van der Waals surface area contributed by atoms with E-state index in [1.54, 1.807) is 55.6 Å². The number of carbonyl (C=O) groups excluding carboxylic acids is 4. The fourth-order valence-electron chi connectivity index (χ4n) is 3.50. The highest BCUT2D eigenvalue weighted by Crippen LogP contribution is 2.29. The van der Waals surface area contributed by atoms with Gasteiger partial charge in [0, 0.05) is 86.1 Å². The van der Waals surface area contributed by atoms with E-state index in [2.05, 4.69) is 22.6 Å². The second-order valence-corrected chi connectivity index (χ2v) is 17.5. The first-order chi connectivity index (χ1) is 25.0. The van der Waals surface area contributed by atoms with Crippen LogP contribution < -0.4 is 0 Å². The Bertz CT molecular complexity index is 1190. The van der Waals surface area contributed by atoms with E-state index >= 15 is 0 Å². The highest BCUT2D eigenvalue weighted by molar-refractivity contribution is 8.77. The first-order valence-electron chi connectivity index (χ1n) is 17.8. The lowest BCUT2D eigenvalue weighted by molar-refractivity contribution is -0.123. The van der Waals surface area contributed by atoms with Gasteiger partial charge in [-0.15, -0.1) is 0 Å². The van der Waals surface area contributed by atoms with Crippen molar-refractivity contribution in [2.75, 3.05) is 56.9 Å². The van der Waals surface area contributed by atoms with Crippen molar-refractivity contribution in [3.63, 3.8) is 0 Å². The molecule has 0 saturated heterocycles. The molecule has 0 aromatic carbocycles. The molecule has 0 aliphatic rings. The van der Waals surface area contributed by atoms with Gasteiger partial charge < -0.3 is 14.2 Å². The number of hydrogen-bond donors (Lipinski definition) is 1. The van der Waals surface area contributed by atoms with Gasteiger partial charge in [-0.2, -0.15) is 12.6 Å². The summed E-state index contributed by atoms with van der Waals surface area (Å²) in [5, 5.41) is 1.98. The third-order valence-corrected chi connectivity index (χ3v) is 11.4. The zero-order valence-corrected chi connectivity index (χ0v) is 36.0. The molecule has 52 heavy (non-hydrogen) atoms. The maximum Gasteiger partial charge on any atom is 0.137 e. The largest absolute Gasteiger partial charge is 0.381 e. The monoisotopic (exact) mass is 816 g/mol. The summed E-state index contributed by atoms with van der Waals surface area (Å²) >= 11 is 3.98. The van der Waals surface area contributed by atoms with E-state index in [0.29, 0.717) is 71.7 Å².